The maximum atomic E-state index is 11.9. The van der Waals surface area contributed by atoms with Crippen molar-refractivity contribution in [1.82, 2.24) is 19.8 Å². The number of piperazine rings is 1. The van der Waals surface area contributed by atoms with Gasteiger partial charge in [0.15, 0.2) is 0 Å². The largest absolute Gasteiger partial charge is 0.467 e. The molecule has 2 aromatic rings. The molecule has 6 rings (SSSR count). The maximum Gasteiger partial charge on any atom is 0.318 e. The molecule has 1 aromatic heterocycles. The standard InChI is InChI=1S/C24H28N4O3.C5H11N.C2H3N/c1-3-22(29)27-10-12-28(13-11-27)23-19-15-31-21(14-20(19)25-24(26-23)30-2)18-9-5-7-16-6-4-8-17(16)18;1-6-4-2-3-5-6;1-2-3/h3,5,7,9,21H,1,4,6,8,10-15H2,2H3;2-5H2,1H3;1H3. The van der Waals surface area contributed by atoms with Crippen LogP contribution in [0.2, 0.25) is 0 Å². The van der Waals surface area contributed by atoms with Crippen LogP contribution in [0.5, 0.6) is 6.01 Å². The maximum absolute atomic E-state index is 11.9. The number of hydrogen-bond acceptors (Lipinski definition) is 8. The van der Waals surface area contributed by atoms with Crippen LogP contribution in [0.4, 0.5) is 5.82 Å². The second-order valence-electron chi connectivity index (χ2n) is 10.6. The topological polar surface area (TPSA) is 94.8 Å². The number of hydrogen-bond donors (Lipinski definition) is 0. The van der Waals surface area contributed by atoms with Gasteiger partial charge in [-0.3, -0.25) is 4.79 Å². The fraction of sp³-hybridized carbons (Fsp3) is 0.548. The highest BCUT2D eigenvalue weighted by atomic mass is 16.5. The molecule has 9 heteroatoms. The Hall–Kier alpha value is -3.48. The number of nitriles is 1. The van der Waals surface area contributed by atoms with Gasteiger partial charge in [0.25, 0.3) is 0 Å². The Morgan fingerprint density at radius 3 is 2.45 bits per heavy atom. The number of nitrogens with zero attached hydrogens (tertiary/aromatic N) is 6. The van der Waals surface area contributed by atoms with Crippen molar-refractivity contribution in [2.75, 3.05) is 58.3 Å². The van der Waals surface area contributed by atoms with Crippen molar-refractivity contribution in [3.8, 4) is 12.1 Å². The number of fused-ring (bicyclic) bond motifs is 2. The van der Waals surface area contributed by atoms with E-state index in [4.69, 9.17) is 19.7 Å². The molecule has 1 atom stereocenters. The molecule has 1 amide bonds. The summed E-state index contributed by atoms with van der Waals surface area (Å²) in [7, 11) is 3.78. The lowest BCUT2D eigenvalue weighted by atomic mass is 9.93. The van der Waals surface area contributed by atoms with E-state index in [1.165, 1.54) is 62.0 Å². The first-order chi connectivity index (χ1) is 19.5. The van der Waals surface area contributed by atoms with E-state index in [9.17, 15) is 4.79 Å². The highest BCUT2D eigenvalue weighted by Crippen LogP contribution is 2.38. The SMILES string of the molecule is C=CC(=O)N1CCN(c2nc(OC)nc3c2COC(c2cccc4c2CCC4)C3)CC1.CC#N.CN1CCCC1. The van der Waals surface area contributed by atoms with Crippen LogP contribution in [0.25, 0.3) is 0 Å². The Balaban J connectivity index is 0.000000354. The molecule has 0 spiro atoms. The predicted octanol–water partition coefficient (Wildman–Crippen LogP) is 3.86. The van der Waals surface area contributed by atoms with Crippen molar-refractivity contribution >= 4 is 11.7 Å². The number of ether oxygens (including phenoxy) is 2. The number of likely N-dealkylation sites (tertiary alicyclic amines) is 1. The van der Waals surface area contributed by atoms with Crippen molar-refractivity contribution in [1.29, 1.82) is 5.26 Å². The minimum atomic E-state index is -0.0245. The Bertz CT molecular complexity index is 1210. The molecule has 2 fully saturated rings. The lowest BCUT2D eigenvalue weighted by Crippen LogP contribution is -2.49. The second-order valence-corrected chi connectivity index (χ2v) is 10.6. The molecule has 1 unspecified atom stereocenters. The molecule has 40 heavy (non-hydrogen) atoms. The molecule has 9 nitrogen and oxygen atoms in total. The molecule has 0 bridgehead atoms. The van der Waals surface area contributed by atoms with Gasteiger partial charge in [-0.25, -0.2) is 0 Å². The van der Waals surface area contributed by atoms with Crippen LogP contribution < -0.4 is 9.64 Å². The van der Waals surface area contributed by atoms with Crippen LogP contribution in [-0.2, 0) is 35.4 Å². The number of aryl methyl sites for hydroxylation is 1. The number of anilines is 1. The Labute approximate surface area is 238 Å². The van der Waals surface area contributed by atoms with E-state index >= 15 is 0 Å². The number of rotatable bonds is 4. The fourth-order valence-electron chi connectivity index (χ4n) is 5.88. The molecule has 1 aliphatic carbocycles. The third-order valence-corrected chi connectivity index (χ3v) is 7.96. The van der Waals surface area contributed by atoms with E-state index in [1.54, 1.807) is 13.2 Å². The molecule has 4 heterocycles. The van der Waals surface area contributed by atoms with E-state index in [0.717, 1.165) is 29.9 Å². The van der Waals surface area contributed by atoms with Gasteiger partial charge in [-0.05, 0) is 75.0 Å². The zero-order valence-electron chi connectivity index (χ0n) is 24.2. The Morgan fingerprint density at radius 2 is 1.82 bits per heavy atom. The molecular weight excluding hydrogens is 504 g/mol. The van der Waals surface area contributed by atoms with Crippen LogP contribution in [0, 0.1) is 11.3 Å². The summed E-state index contributed by atoms with van der Waals surface area (Å²) < 4.78 is 11.8. The fourth-order valence-corrected chi connectivity index (χ4v) is 5.88. The van der Waals surface area contributed by atoms with Crippen LogP contribution in [-0.4, -0.2) is 79.1 Å². The molecule has 0 saturated carbocycles. The molecule has 214 valence electrons. The lowest BCUT2D eigenvalue weighted by Gasteiger charge is -2.37. The summed E-state index contributed by atoms with van der Waals surface area (Å²) in [5, 5.41) is 7.32. The van der Waals surface area contributed by atoms with Gasteiger partial charge in [-0.15, -0.1) is 0 Å². The minimum Gasteiger partial charge on any atom is -0.467 e. The lowest BCUT2D eigenvalue weighted by molar-refractivity contribution is -0.126. The number of carbonyl (C=O) groups is 1. The van der Waals surface area contributed by atoms with Crippen LogP contribution in [0.15, 0.2) is 30.9 Å². The van der Waals surface area contributed by atoms with Crippen molar-refractivity contribution in [3.63, 3.8) is 0 Å². The number of amides is 1. The first-order valence-corrected chi connectivity index (χ1v) is 14.3. The molecule has 0 radical (unpaired) electrons. The van der Waals surface area contributed by atoms with Crippen molar-refractivity contribution in [3.05, 3.63) is 58.8 Å². The zero-order valence-corrected chi connectivity index (χ0v) is 24.2. The highest BCUT2D eigenvalue weighted by Gasteiger charge is 2.31. The average Bonchev–Trinajstić information content (AvgIpc) is 3.68. The van der Waals surface area contributed by atoms with E-state index in [2.05, 4.69) is 46.6 Å². The summed E-state index contributed by atoms with van der Waals surface area (Å²) in [6.07, 6.45) is 8.43. The average molecular weight is 547 g/mol. The van der Waals surface area contributed by atoms with Gasteiger partial charge in [-0.2, -0.15) is 15.2 Å². The van der Waals surface area contributed by atoms with E-state index in [0.29, 0.717) is 45.2 Å². The van der Waals surface area contributed by atoms with Gasteiger partial charge < -0.3 is 24.2 Å². The Morgan fingerprint density at radius 1 is 1.10 bits per heavy atom. The van der Waals surface area contributed by atoms with Gasteiger partial charge in [0, 0.05) is 45.1 Å². The summed E-state index contributed by atoms with van der Waals surface area (Å²) >= 11 is 0. The minimum absolute atomic E-state index is 0.00932. The van der Waals surface area contributed by atoms with Gasteiger partial charge in [0.2, 0.25) is 5.91 Å². The van der Waals surface area contributed by atoms with Crippen molar-refractivity contribution in [2.45, 2.75) is 58.2 Å². The van der Waals surface area contributed by atoms with Crippen LogP contribution >= 0.6 is 0 Å². The van der Waals surface area contributed by atoms with E-state index in [1.807, 2.05) is 4.90 Å². The smallest absolute Gasteiger partial charge is 0.318 e. The molecule has 3 aliphatic heterocycles. The summed E-state index contributed by atoms with van der Waals surface area (Å²) in [6, 6.07) is 8.73. The molecular formula is C31H42N6O3. The highest BCUT2D eigenvalue weighted by molar-refractivity contribution is 5.87. The monoisotopic (exact) mass is 546 g/mol. The first kappa shape index (κ1) is 29.5. The predicted molar refractivity (Wildman–Crippen MR) is 155 cm³/mol. The third kappa shape index (κ3) is 6.98. The summed E-state index contributed by atoms with van der Waals surface area (Å²) in [5.74, 6) is 0.841. The van der Waals surface area contributed by atoms with Crippen molar-refractivity contribution < 1.29 is 14.3 Å². The van der Waals surface area contributed by atoms with Crippen LogP contribution in [0.3, 0.4) is 0 Å². The number of aromatic nitrogens is 2. The van der Waals surface area contributed by atoms with E-state index < -0.39 is 0 Å². The van der Waals surface area contributed by atoms with Gasteiger partial charge >= 0.3 is 6.01 Å². The van der Waals surface area contributed by atoms with Gasteiger partial charge in [-0.1, -0.05) is 24.8 Å². The third-order valence-electron chi connectivity index (χ3n) is 7.96. The molecule has 0 N–H and O–H groups in total. The summed E-state index contributed by atoms with van der Waals surface area (Å²) in [6.45, 7) is 10.8. The molecule has 4 aliphatic rings. The van der Waals surface area contributed by atoms with Gasteiger partial charge in [0.1, 0.15) is 5.82 Å². The van der Waals surface area contributed by atoms with Crippen molar-refractivity contribution in [2.24, 2.45) is 0 Å². The van der Waals surface area contributed by atoms with Crippen LogP contribution in [0.1, 0.15) is 60.2 Å². The molecule has 2 saturated heterocycles. The zero-order chi connectivity index (χ0) is 28.5. The van der Waals surface area contributed by atoms with E-state index in [-0.39, 0.29) is 12.0 Å². The number of benzene rings is 1. The second kappa shape index (κ2) is 14.2. The number of carbonyl (C=O) groups excluding carboxylic acids is 1. The summed E-state index contributed by atoms with van der Waals surface area (Å²) in [4.78, 5) is 27.7. The van der Waals surface area contributed by atoms with Gasteiger partial charge in [0.05, 0.1) is 31.6 Å². The normalized spacial score (nSPS) is 19.7. The first-order valence-electron chi connectivity index (χ1n) is 14.3. The Kier molecular flexibility index (Phi) is 10.5. The number of methoxy groups -OCH3 is 1. The summed E-state index contributed by atoms with van der Waals surface area (Å²) in [5.41, 5.74) is 6.25. The molecule has 1 aromatic carbocycles. The quantitative estimate of drug-likeness (QED) is 0.534.